The SMILES string of the molecule is CCn1cccc1C(O)C(=O)O. The number of hydrogen-bond acceptors (Lipinski definition) is 2. The van der Waals surface area contributed by atoms with Gasteiger partial charge in [0.1, 0.15) is 0 Å². The second-order valence-corrected chi connectivity index (χ2v) is 2.46. The van der Waals surface area contributed by atoms with Crippen LogP contribution in [0.4, 0.5) is 0 Å². The molecule has 66 valence electrons. The first-order chi connectivity index (χ1) is 5.66. The molecule has 1 heterocycles. The third-order valence-electron chi connectivity index (χ3n) is 1.72. The first-order valence-electron chi connectivity index (χ1n) is 3.72. The fourth-order valence-corrected chi connectivity index (χ4v) is 1.09. The molecule has 0 aliphatic heterocycles. The zero-order chi connectivity index (χ0) is 9.14. The minimum Gasteiger partial charge on any atom is -0.479 e. The number of hydrogen-bond donors (Lipinski definition) is 2. The second kappa shape index (κ2) is 3.40. The Bertz CT molecular complexity index is 280. The smallest absolute Gasteiger partial charge is 0.338 e. The predicted octanol–water partition coefficient (Wildman–Crippen LogP) is 0.626. The highest BCUT2D eigenvalue weighted by molar-refractivity contribution is 5.73. The number of aliphatic hydroxyl groups is 1. The van der Waals surface area contributed by atoms with Crippen molar-refractivity contribution in [1.82, 2.24) is 4.57 Å². The number of aromatic nitrogens is 1. The van der Waals surface area contributed by atoms with E-state index >= 15 is 0 Å². The lowest BCUT2D eigenvalue weighted by Crippen LogP contribution is -2.14. The van der Waals surface area contributed by atoms with Crippen molar-refractivity contribution in [2.45, 2.75) is 19.6 Å². The monoisotopic (exact) mass is 169 g/mol. The van der Waals surface area contributed by atoms with E-state index in [1.54, 1.807) is 22.9 Å². The van der Waals surface area contributed by atoms with Gasteiger partial charge in [0, 0.05) is 12.7 Å². The molecule has 12 heavy (non-hydrogen) atoms. The van der Waals surface area contributed by atoms with Gasteiger partial charge >= 0.3 is 5.97 Å². The first-order valence-corrected chi connectivity index (χ1v) is 3.72. The van der Waals surface area contributed by atoms with Gasteiger partial charge in [-0.25, -0.2) is 4.79 Å². The molecule has 0 aliphatic carbocycles. The van der Waals surface area contributed by atoms with Gasteiger partial charge in [-0.3, -0.25) is 0 Å². The fourth-order valence-electron chi connectivity index (χ4n) is 1.09. The molecule has 0 saturated heterocycles. The molecule has 1 atom stereocenters. The zero-order valence-corrected chi connectivity index (χ0v) is 6.77. The third-order valence-corrected chi connectivity index (χ3v) is 1.72. The van der Waals surface area contributed by atoms with Gasteiger partial charge in [-0.05, 0) is 19.1 Å². The van der Waals surface area contributed by atoms with Crippen LogP contribution in [0.3, 0.4) is 0 Å². The van der Waals surface area contributed by atoms with Crippen LogP contribution in [-0.2, 0) is 11.3 Å². The van der Waals surface area contributed by atoms with Crippen molar-refractivity contribution in [1.29, 1.82) is 0 Å². The summed E-state index contributed by atoms with van der Waals surface area (Å²) in [4.78, 5) is 10.4. The molecular weight excluding hydrogens is 158 g/mol. The summed E-state index contributed by atoms with van der Waals surface area (Å²) in [6.07, 6.45) is 0.321. The quantitative estimate of drug-likeness (QED) is 0.697. The minimum absolute atomic E-state index is 0.421. The second-order valence-electron chi connectivity index (χ2n) is 2.46. The number of aliphatic hydroxyl groups excluding tert-OH is 1. The lowest BCUT2D eigenvalue weighted by Gasteiger charge is -2.08. The van der Waals surface area contributed by atoms with Crippen LogP contribution in [0.2, 0.25) is 0 Å². The van der Waals surface area contributed by atoms with Gasteiger partial charge in [-0.15, -0.1) is 0 Å². The molecule has 0 spiro atoms. The Morgan fingerprint density at radius 1 is 1.75 bits per heavy atom. The van der Waals surface area contributed by atoms with Crippen molar-refractivity contribution >= 4 is 5.97 Å². The van der Waals surface area contributed by atoms with Crippen molar-refractivity contribution in [2.75, 3.05) is 0 Å². The van der Waals surface area contributed by atoms with E-state index in [0.717, 1.165) is 0 Å². The summed E-state index contributed by atoms with van der Waals surface area (Å²) in [5.41, 5.74) is 0.421. The van der Waals surface area contributed by atoms with Crippen LogP contribution in [0.15, 0.2) is 18.3 Å². The van der Waals surface area contributed by atoms with Crippen LogP contribution in [0.25, 0.3) is 0 Å². The summed E-state index contributed by atoms with van der Waals surface area (Å²) >= 11 is 0. The summed E-state index contributed by atoms with van der Waals surface area (Å²) in [6, 6.07) is 3.31. The van der Waals surface area contributed by atoms with Crippen molar-refractivity contribution in [3.63, 3.8) is 0 Å². The Kier molecular flexibility index (Phi) is 2.50. The van der Waals surface area contributed by atoms with Crippen LogP contribution in [0.5, 0.6) is 0 Å². The summed E-state index contributed by atoms with van der Waals surface area (Å²) in [5.74, 6) is -1.22. The molecule has 1 unspecified atom stereocenters. The number of nitrogens with zero attached hydrogens (tertiary/aromatic N) is 1. The van der Waals surface area contributed by atoms with E-state index in [-0.39, 0.29) is 0 Å². The van der Waals surface area contributed by atoms with Gasteiger partial charge in [0.15, 0.2) is 6.10 Å². The normalized spacial score (nSPS) is 12.8. The van der Waals surface area contributed by atoms with Crippen molar-refractivity contribution in [3.8, 4) is 0 Å². The summed E-state index contributed by atoms with van der Waals surface area (Å²) in [5, 5.41) is 17.7. The number of rotatable bonds is 3. The van der Waals surface area contributed by atoms with E-state index in [2.05, 4.69) is 0 Å². The molecular formula is C8H11NO3. The topological polar surface area (TPSA) is 62.5 Å². The van der Waals surface area contributed by atoms with E-state index in [9.17, 15) is 9.90 Å². The van der Waals surface area contributed by atoms with Crippen molar-refractivity contribution in [3.05, 3.63) is 24.0 Å². The Hall–Kier alpha value is -1.29. The van der Waals surface area contributed by atoms with E-state index in [0.29, 0.717) is 12.2 Å². The summed E-state index contributed by atoms with van der Waals surface area (Å²) in [6.45, 7) is 2.55. The van der Waals surface area contributed by atoms with Gasteiger partial charge in [0.05, 0.1) is 5.69 Å². The molecule has 0 amide bonds. The van der Waals surface area contributed by atoms with Crippen LogP contribution in [0, 0.1) is 0 Å². The Morgan fingerprint density at radius 3 is 2.92 bits per heavy atom. The van der Waals surface area contributed by atoms with E-state index in [4.69, 9.17) is 5.11 Å². The maximum absolute atomic E-state index is 10.4. The molecule has 0 bridgehead atoms. The third kappa shape index (κ3) is 1.48. The van der Waals surface area contributed by atoms with E-state index in [1.807, 2.05) is 6.92 Å². The highest BCUT2D eigenvalue weighted by Gasteiger charge is 2.18. The fraction of sp³-hybridized carbons (Fsp3) is 0.375. The number of carbonyl (C=O) groups is 1. The highest BCUT2D eigenvalue weighted by atomic mass is 16.4. The molecule has 1 aromatic rings. The van der Waals surface area contributed by atoms with Crippen LogP contribution in [0.1, 0.15) is 18.7 Å². The molecule has 1 rings (SSSR count). The number of aryl methyl sites for hydroxylation is 1. The molecule has 0 aromatic carbocycles. The minimum atomic E-state index is -1.42. The van der Waals surface area contributed by atoms with Crippen molar-refractivity contribution in [2.24, 2.45) is 0 Å². The summed E-state index contributed by atoms with van der Waals surface area (Å²) in [7, 11) is 0. The van der Waals surface area contributed by atoms with Gasteiger partial charge < -0.3 is 14.8 Å². The molecule has 0 saturated carbocycles. The predicted molar refractivity (Wildman–Crippen MR) is 42.7 cm³/mol. The largest absolute Gasteiger partial charge is 0.479 e. The van der Waals surface area contributed by atoms with Gasteiger partial charge in [-0.2, -0.15) is 0 Å². The molecule has 0 fully saturated rings. The van der Waals surface area contributed by atoms with Crippen LogP contribution >= 0.6 is 0 Å². The molecule has 0 radical (unpaired) electrons. The average Bonchev–Trinajstić information content (AvgIpc) is 2.49. The van der Waals surface area contributed by atoms with E-state index < -0.39 is 12.1 Å². The first kappa shape index (κ1) is 8.80. The Morgan fingerprint density at radius 2 is 2.42 bits per heavy atom. The van der Waals surface area contributed by atoms with Gasteiger partial charge in [0.25, 0.3) is 0 Å². The standard InChI is InChI=1S/C8H11NO3/c1-2-9-5-3-4-6(9)7(10)8(11)12/h3-5,7,10H,2H2,1H3,(H,11,12). The molecule has 4 heteroatoms. The van der Waals surface area contributed by atoms with Gasteiger partial charge in [0.2, 0.25) is 0 Å². The molecule has 2 N–H and O–H groups in total. The van der Waals surface area contributed by atoms with Crippen LogP contribution < -0.4 is 0 Å². The number of carboxylic acid groups (broad SMARTS) is 1. The van der Waals surface area contributed by atoms with Gasteiger partial charge in [-0.1, -0.05) is 0 Å². The molecule has 0 aliphatic rings. The number of aliphatic carboxylic acids is 1. The maximum atomic E-state index is 10.4. The molecule has 4 nitrogen and oxygen atoms in total. The number of carboxylic acids is 1. The van der Waals surface area contributed by atoms with Crippen molar-refractivity contribution < 1.29 is 15.0 Å². The maximum Gasteiger partial charge on any atom is 0.338 e. The Balaban J connectivity index is 2.93. The summed E-state index contributed by atoms with van der Waals surface area (Å²) < 4.78 is 1.69. The lowest BCUT2D eigenvalue weighted by atomic mass is 10.2. The highest BCUT2D eigenvalue weighted by Crippen LogP contribution is 2.13. The Labute approximate surface area is 70.1 Å². The lowest BCUT2D eigenvalue weighted by molar-refractivity contribution is -0.147. The zero-order valence-electron chi connectivity index (χ0n) is 6.77. The van der Waals surface area contributed by atoms with Crippen LogP contribution in [-0.4, -0.2) is 20.7 Å². The molecule has 1 aromatic heterocycles. The average molecular weight is 169 g/mol. The van der Waals surface area contributed by atoms with E-state index in [1.165, 1.54) is 0 Å².